The standard InChI is InChI=1S/C19H32N4O2/c1-15(2)25-18-17(7-6-11-20-18)22-19(24)21-10-4-5-12-23-13-8-16(3)9-14-23/h6-7,11,15-16H,4-5,8-10,12-14H2,1-3H3,(H2,21,22,24). The van der Waals surface area contributed by atoms with Crippen LogP contribution in [0.2, 0.25) is 0 Å². The molecule has 0 bridgehead atoms. The molecule has 0 spiro atoms. The molecule has 2 amide bonds. The average molecular weight is 348 g/mol. The van der Waals surface area contributed by atoms with Crippen LogP contribution in [0.3, 0.4) is 0 Å². The molecule has 0 aliphatic carbocycles. The fraction of sp³-hybridized carbons (Fsp3) is 0.684. The molecule has 0 unspecified atom stereocenters. The highest BCUT2D eigenvalue weighted by Gasteiger charge is 2.15. The van der Waals surface area contributed by atoms with Gasteiger partial charge in [0.05, 0.1) is 6.10 Å². The first-order valence-corrected chi connectivity index (χ1v) is 9.43. The molecule has 2 rings (SSSR count). The van der Waals surface area contributed by atoms with Gasteiger partial charge >= 0.3 is 6.03 Å². The van der Waals surface area contributed by atoms with Crippen molar-refractivity contribution in [3.8, 4) is 5.88 Å². The van der Waals surface area contributed by atoms with Gasteiger partial charge in [-0.3, -0.25) is 0 Å². The van der Waals surface area contributed by atoms with E-state index in [4.69, 9.17) is 4.74 Å². The Morgan fingerprint density at radius 1 is 1.36 bits per heavy atom. The Morgan fingerprint density at radius 3 is 2.84 bits per heavy atom. The van der Waals surface area contributed by atoms with Gasteiger partial charge in [0, 0.05) is 12.7 Å². The Hall–Kier alpha value is -1.82. The number of carbonyl (C=O) groups excluding carboxylic acids is 1. The maximum atomic E-state index is 12.0. The molecule has 1 saturated heterocycles. The summed E-state index contributed by atoms with van der Waals surface area (Å²) in [7, 11) is 0. The van der Waals surface area contributed by atoms with Crippen LogP contribution < -0.4 is 15.4 Å². The summed E-state index contributed by atoms with van der Waals surface area (Å²) in [5.74, 6) is 1.32. The minimum absolute atomic E-state index is 0.0105. The Labute approximate surface area is 151 Å². The van der Waals surface area contributed by atoms with E-state index >= 15 is 0 Å². The number of piperidine rings is 1. The van der Waals surface area contributed by atoms with E-state index in [-0.39, 0.29) is 12.1 Å². The van der Waals surface area contributed by atoms with E-state index in [0.717, 1.165) is 25.3 Å². The molecule has 2 N–H and O–H groups in total. The zero-order valence-corrected chi connectivity index (χ0v) is 15.8. The number of nitrogens with zero attached hydrogens (tertiary/aromatic N) is 2. The van der Waals surface area contributed by atoms with Gasteiger partial charge in [0.15, 0.2) is 0 Å². The molecule has 1 fully saturated rings. The number of likely N-dealkylation sites (tertiary alicyclic amines) is 1. The van der Waals surface area contributed by atoms with Gasteiger partial charge < -0.3 is 20.3 Å². The van der Waals surface area contributed by atoms with Gasteiger partial charge in [0.25, 0.3) is 0 Å². The van der Waals surface area contributed by atoms with E-state index in [2.05, 4.69) is 27.4 Å². The second-order valence-electron chi connectivity index (χ2n) is 7.13. The van der Waals surface area contributed by atoms with Crippen LogP contribution in [0.25, 0.3) is 0 Å². The van der Waals surface area contributed by atoms with Crippen LogP contribution in [0.5, 0.6) is 5.88 Å². The molecule has 1 aliphatic rings. The first-order valence-electron chi connectivity index (χ1n) is 9.43. The molecule has 0 atom stereocenters. The lowest BCUT2D eigenvalue weighted by Crippen LogP contribution is -2.34. The normalized spacial score (nSPS) is 16.0. The van der Waals surface area contributed by atoms with Crippen molar-refractivity contribution < 1.29 is 9.53 Å². The van der Waals surface area contributed by atoms with Gasteiger partial charge in [-0.2, -0.15) is 0 Å². The maximum Gasteiger partial charge on any atom is 0.319 e. The molecule has 6 nitrogen and oxygen atoms in total. The number of urea groups is 1. The summed E-state index contributed by atoms with van der Waals surface area (Å²) in [6.45, 7) is 10.4. The minimum atomic E-state index is -0.214. The highest BCUT2D eigenvalue weighted by molar-refractivity contribution is 5.90. The molecule has 0 saturated carbocycles. The Bertz CT molecular complexity index is 528. The van der Waals surface area contributed by atoms with Crippen LogP contribution in [-0.2, 0) is 0 Å². The molecular formula is C19H32N4O2. The number of ether oxygens (including phenoxy) is 1. The van der Waals surface area contributed by atoms with Crippen molar-refractivity contribution in [2.45, 2.75) is 52.6 Å². The molecule has 140 valence electrons. The number of nitrogens with one attached hydrogen (secondary N) is 2. The highest BCUT2D eigenvalue weighted by Crippen LogP contribution is 2.21. The van der Waals surface area contributed by atoms with Crippen LogP contribution in [-0.4, -0.2) is 48.2 Å². The van der Waals surface area contributed by atoms with Crippen LogP contribution in [0.1, 0.15) is 46.5 Å². The highest BCUT2D eigenvalue weighted by atomic mass is 16.5. The van der Waals surface area contributed by atoms with Gasteiger partial charge in [-0.15, -0.1) is 0 Å². The number of hydrogen-bond donors (Lipinski definition) is 2. The van der Waals surface area contributed by atoms with Crippen LogP contribution in [0.15, 0.2) is 18.3 Å². The number of anilines is 1. The van der Waals surface area contributed by atoms with Gasteiger partial charge in [0.1, 0.15) is 5.69 Å². The number of amides is 2. The lowest BCUT2D eigenvalue weighted by molar-refractivity contribution is 0.189. The lowest BCUT2D eigenvalue weighted by Gasteiger charge is -2.30. The van der Waals surface area contributed by atoms with E-state index in [1.807, 2.05) is 13.8 Å². The summed E-state index contributed by atoms with van der Waals surface area (Å²) in [6, 6.07) is 3.36. The summed E-state index contributed by atoms with van der Waals surface area (Å²) in [5.41, 5.74) is 0.594. The molecule has 0 radical (unpaired) electrons. The first-order chi connectivity index (χ1) is 12.0. The number of carbonyl (C=O) groups is 1. The Balaban J connectivity index is 1.63. The minimum Gasteiger partial charge on any atom is -0.473 e. The Morgan fingerprint density at radius 2 is 2.12 bits per heavy atom. The Kier molecular flexibility index (Phi) is 7.98. The predicted molar refractivity (Wildman–Crippen MR) is 101 cm³/mol. The molecule has 1 aliphatic heterocycles. The van der Waals surface area contributed by atoms with Crippen LogP contribution in [0, 0.1) is 5.92 Å². The molecule has 6 heteroatoms. The molecule has 1 aromatic rings. The van der Waals surface area contributed by atoms with Crippen molar-refractivity contribution >= 4 is 11.7 Å². The van der Waals surface area contributed by atoms with Gasteiger partial charge in [-0.05, 0) is 77.2 Å². The second-order valence-corrected chi connectivity index (χ2v) is 7.13. The van der Waals surface area contributed by atoms with Crippen LogP contribution in [0.4, 0.5) is 10.5 Å². The van der Waals surface area contributed by atoms with Crippen molar-refractivity contribution in [3.63, 3.8) is 0 Å². The van der Waals surface area contributed by atoms with Crippen molar-refractivity contribution in [2.24, 2.45) is 5.92 Å². The largest absolute Gasteiger partial charge is 0.473 e. The maximum absolute atomic E-state index is 12.0. The van der Waals surface area contributed by atoms with Crippen molar-refractivity contribution in [1.82, 2.24) is 15.2 Å². The van der Waals surface area contributed by atoms with Crippen molar-refractivity contribution in [3.05, 3.63) is 18.3 Å². The lowest BCUT2D eigenvalue weighted by atomic mass is 9.99. The van der Waals surface area contributed by atoms with Crippen LogP contribution >= 0.6 is 0 Å². The fourth-order valence-corrected chi connectivity index (χ4v) is 2.92. The fourth-order valence-electron chi connectivity index (χ4n) is 2.92. The molecule has 1 aromatic heterocycles. The summed E-state index contributed by atoms with van der Waals surface area (Å²) in [5, 5.41) is 5.72. The molecule has 0 aromatic carbocycles. The average Bonchev–Trinajstić information content (AvgIpc) is 2.57. The first kappa shape index (κ1) is 19.5. The molecule has 2 heterocycles. The number of unbranched alkanes of at least 4 members (excludes halogenated alkanes) is 1. The summed E-state index contributed by atoms with van der Waals surface area (Å²) in [4.78, 5) is 18.7. The third-order valence-electron chi connectivity index (χ3n) is 4.43. The summed E-state index contributed by atoms with van der Waals surface area (Å²) in [6.07, 6.45) is 6.39. The third-order valence-corrected chi connectivity index (χ3v) is 4.43. The van der Waals surface area contributed by atoms with Crippen molar-refractivity contribution in [2.75, 3.05) is 31.5 Å². The second kappa shape index (κ2) is 10.2. The number of hydrogen-bond acceptors (Lipinski definition) is 4. The predicted octanol–water partition coefficient (Wildman–Crippen LogP) is 3.50. The molecule has 25 heavy (non-hydrogen) atoms. The number of pyridine rings is 1. The zero-order chi connectivity index (χ0) is 18.1. The van der Waals surface area contributed by atoms with Crippen molar-refractivity contribution in [1.29, 1.82) is 0 Å². The number of aromatic nitrogens is 1. The third kappa shape index (κ3) is 7.30. The zero-order valence-electron chi connectivity index (χ0n) is 15.8. The van der Waals surface area contributed by atoms with Gasteiger partial charge in [-0.1, -0.05) is 6.92 Å². The van der Waals surface area contributed by atoms with E-state index in [0.29, 0.717) is 18.1 Å². The topological polar surface area (TPSA) is 66.5 Å². The monoisotopic (exact) mass is 348 g/mol. The SMILES string of the molecule is CC1CCN(CCCCNC(=O)Nc2cccnc2OC(C)C)CC1. The van der Waals surface area contributed by atoms with E-state index in [1.165, 1.54) is 25.9 Å². The van der Waals surface area contributed by atoms with E-state index < -0.39 is 0 Å². The van der Waals surface area contributed by atoms with Gasteiger partial charge in [-0.25, -0.2) is 9.78 Å². The smallest absolute Gasteiger partial charge is 0.319 e. The number of rotatable bonds is 8. The van der Waals surface area contributed by atoms with E-state index in [9.17, 15) is 4.79 Å². The summed E-state index contributed by atoms with van der Waals surface area (Å²) >= 11 is 0. The molecular weight excluding hydrogens is 316 g/mol. The summed E-state index contributed by atoms with van der Waals surface area (Å²) < 4.78 is 5.60. The quantitative estimate of drug-likeness (QED) is 0.706. The van der Waals surface area contributed by atoms with E-state index in [1.54, 1.807) is 18.3 Å². The van der Waals surface area contributed by atoms with Gasteiger partial charge in [0.2, 0.25) is 5.88 Å².